The van der Waals surface area contributed by atoms with E-state index in [0.29, 0.717) is 6.61 Å². The number of fused-ring (bicyclic) bond motifs is 6. The highest BCUT2D eigenvalue weighted by atomic mass is 16.3. The molecule has 6 heteroatoms. The zero-order valence-corrected chi connectivity index (χ0v) is 20.7. The van der Waals surface area contributed by atoms with Gasteiger partial charge in [-0.3, -0.25) is 0 Å². The van der Waals surface area contributed by atoms with Crippen molar-refractivity contribution in [2.75, 3.05) is 6.61 Å². The molecule has 6 aliphatic carbocycles. The predicted octanol–water partition coefficient (Wildman–Crippen LogP) is 4.95. The van der Waals surface area contributed by atoms with E-state index < -0.39 is 0 Å². The number of aldehydes is 1. The third-order valence-electron chi connectivity index (χ3n) is 9.99. The molecule has 0 atom stereocenters. The lowest BCUT2D eigenvalue weighted by molar-refractivity contribution is -0.122. The van der Waals surface area contributed by atoms with E-state index in [1.54, 1.807) is 12.7 Å². The Kier molecular flexibility index (Phi) is 6.07. The normalized spacial score (nSPS) is 36.0. The Bertz CT molecular complexity index is 1000. The van der Waals surface area contributed by atoms with Crippen molar-refractivity contribution in [2.45, 2.75) is 102 Å². The van der Waals surface area contributed by atoms with Crippen LogP contribution < -0.4 is 0 Å². The first-order chi connectivity index (χ1) is 16.4. The third kappa shape index (κ3) is 4.08. The molecule has 0 radical (unpaired) electrons. The molecule has 2 aromatic rings. The number of hydrogen-bond acceptors (Lipinski definition) is 6. The molecule has 0 unspecified atom stereocenters. The number of nitrogens with zero attached hydrogens (tertiary/aromatic N) is 4. The van der Waals surface area contributed by atoms with Crippen LogP contribution in [0.1, 0.15) is 99.8 Å². The van der Waals surface area contributed by atoms with Gasteiger partial charge in [0.2, 0.25) is 0 Å². The average molecular weight is 463 g/mol. The highest BCUT2D eigenvalue weighted by molar-refractivity contribution is 5.60. The molecular formula is C28H38N4O2. The van der Waals surface area contributed by atoms with Gasteiger partial charge in [0.05, 0.1) is 11.4 Å². The van der Waals surface area contributed by atoms with Gasteiger partial charge in [0.15, 0.2) is 0 Å². The minimum Gasteiger partial charge on any atom is -0.396 e. The maximum absolute atomic E-state index is 11.2. The summed E-state index contributed by atoms with van der Waals surface area (Å²) in [4.78, 5) is 28.6. The van der Waals surface area contributed by atoms with Crippen LogP contribution in [-0.4, -0.2) is 37.9 Å². The fraction of sp³-hybridized carbons (Fsp3) is 0.679. The van der Waals surface area contributed by atoms with Gasteiger partial charge in [-0.15, -0.1) is 0 Å². The number of carbonyl (C=O) groups is 1. The summed E-state index contributed by atoms with van der Waals surface area (Å²) in [7, 11) is 0. The second kappa shape index (κ2) is 8.78. The average Bonchev–Trinajstić information content (AvgIpc) is 2.91. The van der Waals surface area contributed by atoms with Crippen LogP contribution in [0.2, 0.25) is 0 Å². The Morgan fingerprint density at radius 2 is 1.12 bits per heavy atom. The first-order valence-electron chi connectivity index (χ1n) is 13.0. The van der Waals surface area contributed by atoms with Gasteiger partial charge in [0, 0.05) is 34.2 Å². The van der Waals surface area contributed by atoms with Crippen LogP contribution in [0.4, 0.5) is 0 Å². The first-order valence-corrected chi connectivity index (χ1v) is 13.0. The number of carbonyl (C=O) groups excluding carboxylic acids is 1. The predicted molar refractivity (Wildman–Crippen MR) is 130 cm³/mol. The summed E-state index contributed by atoms with van der Waals surface area (Å²) in [5.41, 5.74) is 5.30. The van der Waals surface area contributed by atoms with E-state index in [2.05, 4.69) is 32.1 Å². The van der Waals surface area contributed by atoms with Crippen LogP contribution in [-0.2, 0) is 15.6 Å². The van der Waals surface area contributed by atoms with Crippen LogP contribution in [0, 0.1) is 24.7 Å². The van der Waals surface area contributed by atoms with E-state index in [9.17, 15) is 9.90 Å². The standard InChI is InChI=1S/C14H20N2O.C14H18N2O/c2*1-11-8-12(16-10-15-11)14-5-2-13(9-17,3-6-14)4-7-14/h8,10,17H,2-7,9H2,1H3;8-10H,2-7H2,1H3. The van der Waals surface area contributed by atoms with Gasteiger partial charge >= 0.3 is 0 Å². The second-order valence-electron chi connectivity index (χ2n) is 11.8. The van der Waals surface area contributed by atoms with Crippen LogP contribution in [0.15, 0.2) is 24.8 Å². The van der Waals surface area contributed by atoms with Crippen molar-refractivity contribution in [1.82, 2.24) is 19.9 Å². The summed E-state index contributed by atoms with van der Waals surface area (Å²) < 4.78 is 0. The van der Waals surface area contributed by atoms with Gasteiger partial charge in [0.25, 0.3) is 0 Å². The Labute approximate surface area is 203 Å². The summed E-state index contributed by atoms with van der Waals surface area (Å²) in [6.07, 6.45) is 18.1. The molecule has 6 aliphatic rings. The summed E-state index contributed by atoms with van der Waals surface area (Å²) in [6.45, 7) is 4.42. The molecule has 182 valence electrons. The van der Waals surface area contributed by atoms with Crippen molar-refractivity contribution in [2.24, 2.45) is 10.8 Å². The Balaban J connectivity index is 0.000000142. The maximum Gasteiger partial charge on any atom is 0.126 e. The Morgan fingerprint density at radius 1 is 0.706 bits per heavy atom. The lowest BCUT2D eigenvalue weighted by atomic mass is 9.53. The second-order valence-corrected chi connectivity index (χ2v) is 11.8. The monoisotopic (exact) mass is 462 g/mol. The molecule has 8 rings (SSSR count). The van der Waals surface area contributed by atoms with E-state index in [-0.39, 0.29) is 21.7 Å². The van der Waals surface area contributed by atoms with Crippen molar-refractivity contribution in [1.29, 1.82) is 0 Å². The van der Waals surface area contributed by atoms with Crippen LogP contribution in [0.5, 0.6) is 0 Å². The lowest BCUT2D eigenvalue weighted by Crippen LogP contribution is -2.46. The molecule has 2 aromatic heterocycles. The van der Waals surface area contributed by atoms with Crippen LogP contribution >= 0.6 is 0 Å². The van der Waals surface area contributed by atoms with E-state index >= 15 is 0 Å². The molecule has 6 fully saturated rings. The van der Waals surface area contributed by atoms with Crippen LogP contribution in [0.3, 0.4) is 0 Å². The number of aliphatic hydroxyl groups excluding tert-OH is 1. The smallest absolute Gasteiger partial charge is 0.126 e. The molecule has 0 amide bonds. The van der Waals surface area contributed by atoms with Crippen molar-refractivity contribution < 1.29 is 9.90 Å². The van der Waals surface area contributed by atoms with Crippen molar-refractivity contribution in [3.63, 3.8) is 0 Å². The SMILES string of the molecule is Cc1cc(C23CCC(C=O)(CC2)CC3)ncn1.Cc1cc(C23CCC(CO)(CC2)CC3)ncn1. The van der Waals surface area contributed by atoms with Gasteiger partial charge in [-0.2, -0.15) is 0 Å². The quantitative estimate of drug-likeness (QED) is 0.647. The highest BCUT2D eigenvalue weighted by Crippen LogP contribution is 2.57. The molecule has 0 spiro atoms. The molecule has 0 aliphatic heterocycles. The number of aliphatic hydroxyl groups is 1. The topological polar surface area (TPSA) is 88.9 Å². The lowest BCUT2D eigenvalue weighted by Gasteiger charge is -2.52. The zero-order chi connectivity index (χ0) is 23.9. The van der Waals surface area contributed by atoms with Gasteiger partial charge in [-0.25, -0.2) is 19.9 Å². The van der Waals surface area contributed by atoms with Crippen molar-refractivity contribution in [3.05, 3.63) is 47.6 Å². The van der Waals surface area contributed by atoms with Gasteiger partial charge in [0.1, 0.15) is 18.9 Å². The molecular weight excluding hydrogens is 424 g/mol. The number of hydrogen-bond donors (Lipinski definition) is 1. The van der Waals surface area contributed by atoms with Gasteiger partial charge < -0.3 is 9.90 Å². The summed E-state index contributed by atoms with van der Waals surface area (Å²) in [5.74, 6) is 0. The molecule has 6 saturated carbocycles. The number of aryl methyl sites for hydroxylation is 2. The van der Waals surface area contributed by atoms with Gasteiger partial charge in [-0.05, 0) is 108 Å². The Morgan fingerprint density at radius 3 is 1.47 bits per heavy atom. The summed E-state index contributed by atoms with van der Waals surface area (Å²) >= 11 is 0. The molecule has 4 bridgehead atoms. The molecule has 2 heterocycles. The van der Waals surface area contributed by atoms with Gasteiger partial charge in [-0.1, -0.05) is 0 Å². The summed E-state index contributed by atoms with van der Waals surface area (Å²) in [6, 6.07) is 4.27. The van der Waals surface area contributed by atoms with Crippen LogP contribution in [0.25, 0.3) is 0 Å². The van der Waals surface area contributed by atoms with E-state index in [1.165, 1.54) is 36.9 Å². The third-order valence-corrected chi connectivity index (χ3v) is 9.99. The van der Waals surface area contributed by atoms with E-state index in [0.717, 1.165) is 69.2 Å². The Hall–Kier alpha value is -2.21. The molecule has 0 saturated heterocycles. The molecule has 1 N–H and O–H groups in total. The maximum atomic E-state index is 11.2. The minimum absolute atomic E-state index is 0.00379. The van der Waals surface area contributed by atoms with E-state index in [1.807, 2.05) is 13.8 Å². The zero-order valence-electron chi connectivity index (χ0n) is 20.7. The number of rotatable bonds is 4. The van der Waals surface area contributed by atoms with Crippen molar-refractivity contribution >= 4 is 6.29 Å². The van der Waals surface area contributed by atoms with E-state index in [4.69, 9.17) is 0 Å². The largest absolute Gasteiger partial charge is 0.396 e. The molecule has 0 aromatic carbocycles. The first kappa shape index (κ1) is 23.5. The summed E-state index contributed by atoms with van der Waals surface area (Å²) in [5, 5.41) is 9.54. The molecule has 34 heavy (non-hydrogen) atoms. The fourth-order valence-electron chi connectivity index (χ4n) is 7.15. The molecule has 6 nitrogen and oxygen atoms in total. The fourth-order valence-corrected chi connectivity index (χ4v) is 7.15. The highest BCUT2D eigenvalue weighted by Gasteiger charge is 2.51. The minimum atomic E-state index is 0.00379. The number of aromatic nitrogens is 4. The van der Waals surface area contributed by atoms with Crippen molar-refractivity contribution in [3.8, 4) is 0 Å².